The summed E-state index contributed by atoms with van der Waals surface area (Å²) in [5, 5.41) is 4.47. The summed E-state index contributed by atoms with van der Waals surface area (Å²) in [5.41, 5.74) is 2.74. The van der Waals surface area contributed by atoms with Crippen LogP contribution in [0.2, 0.25) is 0 Å². The van der Waals surface area contributed by atoms with Gasteiger partial charge in [-0.05, 0) is 31.5 Å². The molecule has 0 amide bonds. The molecule has 2 rings (SSSR count). The fourth-order valence-corrected chi connectivity index (χ4v) is 1.91. The van der Waals surface area contributed by atoms with Crippen LogP contribution < -0.4 is 4.74 Å². The smallest absolute Gasteiger partial charge is 0.150 e. The van der Waals surface area contributed by atoms with Gasteiger partial charge in [0.05, 0.1) is 11.4 Å². The Balaban J connectivity index is 2.09. The first-order valence-corrected chi connectivity index (χ1v) is 6.50. The standard InChI is InChI=1S/C15H18N2O2/c1-3-13-9-14(17(4-2)16-13)11-19-15-7-5-6-12(8-15)10-18/h5-10H,3-4,11H2,1-2H3. The Kier molecular flexibility index (Phi) is 4.34. The Morgan fingerprint density at radius 1 is 1.32 bits per heavy atom. The van der Waals surface area contributed by atoms with Crippen molar-refractivity contribution in [3.8, 4) is 5.75 Å². The topological polar surface area (TPSA) is 44.1 Å². The molecule has 4 heteroatoms. The second kappa shape index (κ2) is 6.18. The van der Waals surface area contributed by atoms with Gasteiger partial charge in [0.2, 0.25) is 0 Å². The van der Waals surface area contributed by atoms with Gasteiger partial charge in [-0.25, -0.2) is 0 Å². The maximum atomic E-state index is 10.7. The Labute approximate surface area is 113 Å². The van der Waals surface area contributed by atoms with E-state index in [-0.39, 0.29) is 0 Å². The van der Waals surface area contributed by atoms with Crippen molar-refractivity contribution in [1.29, 1.82) is 0 Å². The summed E-state index contributed by atoms with van der Waals surface area (Å²) in [6.07, 6.45) is 1.74. The molecule has 0 radical (unpaired) electrons. The molecule has 4 nitrogen and oxygen atoms in total. The summed E-state index contributed by atoms with van der Waals surface area (Å²) >= 11 is 0. The van der Waals surface area contributed by atoms with Crippen molar-refractivity contribution in [3.63, 3.8) is 0 Å². The molecule has 1 aromatic carbocycles. The predicted molar refractivity (Wildman–Crippen MR) is 73.4 cm³/mol. The van der Waals surface area contributed by atoms with Gasteiger partial charge in [0.1, 0.15) is 18.6 Å². The van der Waals surface area contributed by atoms with Crippen LogP contribution in [0.5, 0.6) is 5.75 Å². The van der Waals surface area contributed by atoms with Gasteiger partial charge in [0.15, 0.2) is 0 Å². The van der Waals surface area contributed by atoms with Crippen molar-refractivity contribution in [2.24, 2.45) is 0 Å². The number of aldehydes is 1. The molecule has 100 valence electrons. The lowest BCUT2D eigenvalue weighted by molar-refractivity contribution is 0.112. The first-order valence-electron chi connectivity index (χ1n) is 6.50. The van der Waals surface area contributed by atoms with Crippen LogP contribution in [0.15, 0.2) is 30.3 Å². The van der Waals surface area contributed by atoms with E-state index in [9.17, 15) is 4.79 Å². The molecule has 0 fully saturated rings. The summed E-state index contributed by atoms with van der Waals surface area (Å²) in [6, 6.07) is 9.22. The van der Waals surface area contributed by atoms with E-state index < -0.39 is 0 Å². The number of rotatable bonds is 6. The molecule has 0 aliphatic heterocycles. The van der Waals surface area contributed by atoms with Gasteiger partial charge in [-0.3, -0.25) is 9.48 Å². The van der Waals surface area contributed by atoms with E-state index in [4.69, 9.17) is 4.74 Å². The molecule has 1 heterocycles. The summed E-state index contributed by atoms with van der Waals surface area (Å²) < 4.78 is 7.66. The van der Waals surface area contributed by atoms with E-state index in [2.05, 4.69) is 25.0 Å². The summed E-state index contributed by atoms with van der Waals surface area (Å²) in [6.45, 7) is 5.43. The number of ether oxygens (including phenoxy) is 1. The van der Waals surface area contributed by atoms with Crippen LogP contribution in [-0.2, 0) is 19.6 Å². The van der Waals surface area contributed by atoms with Gasteiger partial charge in [0.25, 0.3) is 0 Å². The molecule has 19 heavy (non-hydrogen) atoms. The number of nitrogens with zero attached hydrogens (tertiary/aromatic N) is 2. The minimum absolute atomic E-state index is 0.461. The molecule has 0 saturated carbocycles. The number of aromatic nitrogens is 2. The first-order chi connectivity index (χ1) is 9.26. The number of carbonyl (C=O) groups excluding carboxylic acids is 1. The van der Waals surface area contributed by atoms with Crippen LogP contribution in [0.4, 0.5) is 0 Å². The SMILES string of the molecule is CCc1cc(COc2cccc(C=O)c2)n(CC)n1. The van der Waals surface area contributed by atoms with Gasteiger partial charge in [-0.2, -0.15) is 5.10 Å². The zero-order valence-electron chi connectivity index (χ0n) is 11.3. The monoisotopic (exact) mass is 258 g/mol. The molecule has 0 unspecified atom stereocenters. The number of benzene rings is 1. The Bertz CT molecular complexity index is 561. The fraction of sp³-hybridized carbons (Fsp3) is 0.333. The normalized spacial score (nSPS) is 10.4. The number of hydrogen-bond donors (Lipinski definition) is 0. The van der Waals surface area contributed by atoms with Crippen LogP contribution in [0.1, 0.15) is 35.6 Å². The number of aryl methyl sites for hydroxylation is 2. The maximum Gasteiger partial charge on any atom is 0.150 e. The van der Waals surface area contributed by atoms with E-state index in [1.165, 1.54) is 0 Å². The summed E-state index contributed by atoms with van der Waals surface area (Å²) in [5.74, 6) is 0.700. The van der Waals surface area contributed by atoms with Crippen molar-refractivity contribution in [3.05, 3.63) is 47.3 Å². The molecule has 0 N–H and O–H groups in total. The van der Waals surface area contributed by atoms with Crippen molar-refractivity contribution in [2.45, 2.75) is 33.4 Å². The molecule has 2 aromatic rings. The van der Waals surface area contributed by atoms with Crippen LogP contribution in [-0.4, -0.2) is 16.1 Å². The lowest BCUT2D eigenvalue weighted by atomic mass is 10.2. The molecular weight excluding hydrogens is 240 g/mol. The van der Waals surface area contributed by atoms with Crippen molar-refractivity contribution in [2.75, 3.05) is 0 Å². The van der Waals surface area contributed by atoms with Crippen molar-refractivity contribution >= 4 is 6.29 Å². The Morgan fingerprint density at radius 2 is 2.16 bits per heavy atom. The molecule has 0 aliphatic carbocycles. The van der Waals surface area contributed by atoms with E-state index >= 15 is 0 Å². The van der Waals surface area contributed by atoms with Crippen molar-refractivity contribution < 1.29 is 9.53 Å². The van der Waals surface area contributed by atoms with Crippen LogP contribution in [0.3, 0.4) is 0 Å². The first kappa shape index (κ1) is 13.3. The average molecular weight is 258 g/mol. The van der Waals surface area contributed by atoms with E-state index in [1.54, 1.807) is 12.1 Å². The van der Waals surface area contributed by atoms with Crippen LogP contribution >= 0.6 is 0 Å². The van der Waals surface area contributed by atoms with Gasteiger partial charge in [-0.15, -0.1) is 0 Å². The second-order valence-electron chi connectivity index (χ2n) is 4.28. The van der Waals surface area contributed by atoms with E-state index in [1.807, 2.05) is 16.8 Å². The zero-order chi connectivity index (χ0) is 13.7. The second-order valence-corrected chi connectivity index (χ2v) is 4.28. The molecular formula is C15H18N2O2. The Morgan fingerprint density at radius 3 is 2.84 bits per heavy atom. The lowest BCUT2D eigenvalue weighted by Gasteiger charge is -2.07. The minimum Gasteiger partial charge on any atom is -0.487 e. The zero-order valence-corrected chi connectivity index (χ0v) is 11.3. The highest BCUT2D eigenvalue weighted by Crippen LogP contribution is 2.15. The third-order valence-electron chi connectivity index (χ3n) is 2.96. The highest BCUT2D eigenvalue weighted by Gasteiger charge is 2.06. The van der Waals surface area contributed by atoms with Crippen LogP contribution in [0, 0.1) is 0 Å². The molecule has 0 saturated heterocycles. The lowest BCUT2D eigenvalue weighted by Crippen LogP contribution is -2.06. The minimum atomic E-state index is 0.461. The average Bonchev–Trinajstić information content (AvgIpc) is 2.87. The van der Waals surface area contributed by atoms with Gasteiger partial charge >= 0.3 is 0 Å². The van der Waals surface area contributed by atoms with Crippen LogP contribution in [0.25, 0.3) is 0 Å². The largest absolute Gasteiger partial charge is 0.487 e. The quantitative estimate of drug-likeness (QED) is 0.748. The van der Waals surface area contributed by atoms with Gasteiger partial charge in [-0.1, -0.05) is 19.1 Å². The molecule has 0 bridgehead atoms. The van der Waals surface area contributed by atoms with Crippen molar-refractivity contribution in [1.82, 2.24) is 9.78 Å². The number of carbonyl (C=O) groups is 1. The third kappa shape index (κ3) is 3.22. The third-order valence-corrected chi connectivity index (χ3v) is 2.96. The maximum absolute atomic E-state index is 10.7. The van der Waals surface area contributed by atoms with Gasteiger partial charge in [0, 0.05) is 12.1 Å². The van der Waals surface area contributed by atoms with E-state index in [0.29, 0.717) is 17.9 Å². The highest BCUT2D eigenvalue weighted by atomic mass is 16.5. The molecule has 0 atom stereocenters. The Hall–Kier alpha value is -2.10. The molecule has 0 spiro atoms. The summed E-state index contributed by atoms with van der Waals surface area (Å²) in [4.78, 5) is 10.7. The van der Waals surface area contributed by atoms with E-state index in [0.717, 1.165) is 30.6 Å². The molecule has 1 aromatic heterocycles. The highest BCUT2D eigenvalue weighted by molar-refractivity contribution is 5.75. The predicted octanol–water partition coefficient (Wildman–Crippen LogP) is 2.86. The number of hydrogen-bond acceptors (Lipinski definition) is 3. The fourth-order valence-electron chi connectivity index (χ4n) is 1.91. The summed E-state index contributed by atoms with van der Waals surface area (Å²) in [7, 11) is 0. The molecule has 0 aliphatic rings. The van der Waals surface area contributed by atoms with Gasteiger partial charge < -0.3 is 4.74 Å².